The van der Waals surface area contributed by atoms with Gasteiger partial charge in [0.1, 0.15) is 5.67 Å². The fraction of sp³-hybridized carbons (Fsp3) is 0.538. The molecule has 1 aromatic rings. The van der Waals surface area contributed by atoms with E-state index in [1.165, 1.54) is 32.2 Å². The molecule has 0 aliphatic rings. The highest BCUT2D eigenvalue weighted by atomic mass is 32.2. The molecular formula is C13H21FN2O2S. The molecule has 1 unspecified atom stereocenters. The van der Waals surface area contributed by atoms with Crippen LogP contribution in [0.5, 0.6) is 0 Å². The molecular weight excluding hydrogens is 267 g/mol. The molecule has 0 fully saturated rings. The van der Waals surface area contributed by atoms with Crippen molar-refractivity contribution in [2.24, 2.45) is 0 Å². The second kappa shape index (κ2) is 5.98. The Morgan fingerprint density at radius 1 is 1.32 bits per heavy atom. The number of halogens is 1. The van der Waals surface area contributed by atoms with Gasteiger partial charge in [-0.2, -0.15) is 12.7 Å². The van der Waals surface area contributed by atoms with E-state index in [0.717, 1.165) is 5.56 Å². The number of alkyl halides is 1. The van der Waals surface area contributed by atoms with Gasteiger partial charge in [-0.25, -0.2) is 9.11 Å². The molecule has 0 heterocycles. The third-order valence-corrected chi connectivity index (χ3v) is 4.47. The Morgan fingerprint density at radius 2 is 1.84 bits per heavy atom. The Balaban J connectivity index is 3.14. The lowest BCUT2D eigenvalue weighted by Crippen LogP contribution is -2.40. The normalized spacial score (nSPS) is 14.6. The summed E-state index contributed by atoms with van der Waals surface area (Å²) in [5.41, 5.74) is -0.688. The highest BCUT2D eigenvalue weighted by Gasteiger charge is 2.31. The average molecular weight is 288 g/mol. The fourth-order valence-corrected chi connectivity index (χ4v) is 2.72. The molecule has 0 saturated heterocycles. The van der Waals surface area contributed by atoms with Crippen molar-refractivity contribution >= 4 is 10.2 Å². The van der Waals surface area contributed by atoms with E-state index in [0.29, 0.717) is 0 Å². The van der Waals surface area contributed by atoms with Crippen LogP contribution in [0.4, 0.5) is 4.39 Å². The van der Waals surface area contributed by atoms with E-state index in [1.807, 2.05) is 18.2 Å². The minimum Gasteiger partial charge on any atom is -0.244 e. The summed E-state index contributed by atoms with van der Waals surface area (Å²) in [6, 6.07) is 8.53. The lowest BCUT2D eigenvalue weighted by Gasteiger charge is -2.30. The SMILES string of the molecule is CNS(=O)(=O)N(C)C(CC(C)(C)F)c1ccccc1. The molecule has 4 nitrogen and oxygen atoms in total. The number of rotatable bonds is 6. The first-order valence-corrected chi connectivity index (χ1v) is 7.52. The van der Waals surface area contributed by atoms with Crippen LogP contribution in [-0.4, -0.2) is 32.5 Å². The highest BCUT2D eigenvalue weighted by Crippen LogP contribution is 2.31. The zero-order chi connectivity index (χ0) is 14.7. The van der Waals surface area contributed by atoms with Crippen molar-refractivity contribution in [3.05, 3.63) is 35.9 Å². The van der Waals surface area contributed by atoms with Crippen LogP contribution in [0.15, 0.2) is 30.3 Å². The summed E-state index contributed by atoms with van der Waals surface area (Å²) in [6.45, 7) is 2.89. The van der Waals surface area contributed by atoms with E-state index in [9.17, 15) is 12.8 Å². The fourth-order valence-electron chi connectivity index (χ4n) is 1.90. The first-order chi connectivity index (χ1) is 8.67. The van der Waals surface area contributed by atoms with E-state index in [2.05, 4.69) is 4.72 Å². The van der Waals surface area contributed by atoms with Gasteiger partial charge in [0.2, 0.25) is 0 Å². The van der Waals surface area contributed by atoms with Gasteiger partial charge in [0.15, 0.2) is 0 Å². The van der Waals surface area contributed by atoms with E-state index >= 15 is 0 Å². The molecule has 1 atom stereocenters. The topological polar surface area (TPSA) is 49.4 Å². The van der Waals surface area contributed by atoms with Crippen LogP contribution in [0.25, 0.3) is 0 Å². The summed E-state index contributed by atoms with van der Waals surface area (Å²) in [5.74, 6) is 0. The van der Waals surface area contributed by atoms with Gasteiger partial charge in [-0.3, -0.25) is 0 Å². The van der Waals surface area contributed by atoms with E-state index in [4.69, 9.17) is 0 Å². The second-order valence-electron chi connectivity index (χ2n) is 5.07. The van der Waals surface area contributed by atoms with Gasteiger partial charge >= 0.3 is 0 Å². The van der Waals surface area contributed by atoms with Gasteiger partial charge in [0, 0.05) is 20.5 Å². The molecule has 0 saturated carbocycles. The van der Waals surface area contributed by atoms with E-state index < -0.39 is 21.9 Å². The molecule has 6 heteroatoms. The number of nitrogens with zero attached hydrogens (tertiary/aromatic N) is 1. The smallest absolute Gasteiger partial charge is 0.244 e. The van der Waals surface area contributed by atoms with Crippen LogP contribution in [0.3, 0.4) is 0 Å². The van der Waals surface area contributed by atoms with Crippen molar-refractivity contribution in [2.75, 3.05) is 14.1 Å². The van der Waals surface area contributed by atoms with Gasteiger partial charge in [-0.1, -0.05) is 30.3 Å². The summed E-state index contributed by atoms with van der Waals surface area (Å²) in [5, 5.41) is 0. The molecule has 0 aliphatic carbocycles. The van der Waals surface area contributed by atoms with Crippen LogP contribution in [0.2, 0.25) is 0 Å². The molecule has 0 aliphatic heterocycles. The molecule has 0 radical (unpaired) electrons. The first-order valence-electron chi connectivity index (χ1n) is 6.08. The molecule has 19 heavy (non-hydrogen) atoms. The van der Waals surface area contributed by atoms with Crippen LogP contribution in [0.1, 0.15) is 31.9 Å². The standard InChI is InChI=1S/C13H21FN2O2S/c1-13(2,14)10-12(11-8-6-5-7-9-11)16(4)19(17,18)15-3/h5-9,12,15H,10H2,1-4H3. The zero-order valence-corrected chi connectivity index (χ0v) is 12.5. The van der Waals surface area contributed by atoms with Crippen LogP contribution < -0.4 is 4.72 Å². The number of nitrogens with one attached hydrogen (secondary N) is 1. The zero-order valence-electron chi connectivity index (χ0n) is 11.7. The molecule has 1 aromatic carbocycles. The van der Waals surface area contributed by atoms with E-state index in [1.54, 1.807) is 12.1 Å². The third-order valence-electron chi connectivity index (χ3n) is 2.94. The Morgan fingerprint density at radius 3 is 2.26 bits per heavy atom. The monoisotopic (exact) mass is 288 g/mol. The van der Waals surface area contributed by atoms with Crippen molar-refractivity contribution in [1.82, 2.24) is 9.03 Å². The van der Waals surface area contributed by atoms with Crippen molar-refractivity contribution in [3.8, 4) is 0 Å². The minimum atomic E-state index is -3.60. The Kier molecular flexibility index (Phi) is 5.06. The Hall–Kier alpha value is -0.980. The highest BCUT2D eigenvalue weighted by molar-refractivity contribution is 7.87. The van der Waals surface area contributed by atoms with Gasteiger partial charge < -0.3 is 0 Å². The minimum absolute atomic E-state index is 0.0917. The first kappa shape index (κ1) is 16.1. The Labute approximate surface area is 114 Å². The predicted molar refractivity (Wildman–Crippen MR) is 74.7 cm³/mol. The van der Waals surface area contributed by atoms with Gasteiger partial charge in [0.25, 0.3) is 10.2 Å². The van der Waals surface area contributed by atoms with Crippen LogP contribution in [-0.2, 0) is 10.2 Å². The maximum absolute atomic E-state index is 13.9. The second-order valence-corrected chi connectivity index (χ2v) is 7.01. The van der Waals surface area contributed by atoms with Crippen molar-refractivity contribution in [1.29, 1.82) is 0 Å². The molecule has 108 valence electrons. The quantitative estimate of drug-likeness (QED) is 0.873. The summed E-state index contributed by atoms with van der Waals surface area (Å²) in [7, 11) is -0.806. The van der Waals surface area contributed by atoms with E-state index in [-0.39, 0.29) is 6.42 Å². The largest absolute Gasteiger partial charge is 0.279 e. The molecule has 0 spiro atoms. The van der Waals surface area contributed by atoms with Crippen molar-refractivity contribution < 1.29 is 12.8 Å². The molecule has 0 aromatic heterocycles. The molecule has 1 N–H and O–H groups in total. The molecule has 1 rings (SSSR count). The number of hydrogen-bond acceptors (Lipinski definition) is 2. The number of benzene rings is 1. The summed E-state index contributed by atoms with van der Waals surface area (Å²) in [6.07, 6.45) is 0.0917. The summed E-state index contributed by atoms with van der Waals surface area (Å²) < 4.78 is 41.1. The maximum Gasteiger partial charge on any atom is 0.279 e. The summed E-state index contributed by atoms with van der Waals surface area (Å²) >= 11 is 0. The summed E-state index contributed by atoms with van der Waals surface area (Å²) in [4.78, 5) is 0. The molecule has 0 bridgehead atoms. The predicted octanol–water partition coefficient (Wildman–Crippen LogP) is 2.26. The van der Waals surface area contributed by atoms with Crippen LogP contribution >= 0.6 is 0 Å². The van der Waals surface area contributed by atoms with Gasteiger partial charge in [0.05, 0.1) is 6.04 Å². The lowest BCUT2D eigenvalue weighted by atomic mass is 9.95. The van der Waals surface area contributed by atoms with Crippen molar-refractivity contribution in [2.45, 2.75) is 32.0 Å². The average Bonchev–Trinajstić information content (AvgIpc) is 2.35. The van der Waals surface area contributed by atoms with Gasteiger partial charge in [-0.05, 0) is 19.4 Å². The third kappa shape index (κ3) is 4.56. The lowest BCUT2D eigenvalue weighted by molar-refractivity contribution is 0.158. The Bertz CT molecular complexity index is 497. The van der Waals surface area contributed by atoms with Crippen molar-refractivity contribution in [3.63, 3.8) is 0 Å². The van der Waals surface area contributed by atoms with Gasteiger partial charge in [-0.15, -0.1) is 0 Å². The maximum atomic E-state index is 13.9. The molecule has 0 amide bonds. The number of hydrogen-bond donors (Lipinski definition) is 1. The van der Waals surface area contributed by atoms with Crippen LogP contribution in [0, 0.1) is 0 Å².